The fourth-order valence-electron chi connectivity index (χ4n) is 1.61. The van der Waals surface area contributed by atoms with E-state index in [1.54, 1.807) is 6.92 Å². The molecule has 0 spiro atoms. The number of anilines is 1. The Bertz CT molecular complexity index is 316. The summed E-state index contributed by atoms with van der Waals surface area (Å²) in [7, 11) is 0. The number of rotatable bonds is 7. The standard InChI is InChI=1S/C14H21NO/c1-3-4-5-6-11-15-14-9-7-13(8-10-14)12(2)16/h7-10,15H,3-6,11H2,1-2H3. The van der Waals surface area contributed by atoms with Gasteiger partial charge < -0.3 is 5.32 Å². The molecule has 2 nitrogen and oxygen atoms in total. The quantitative estimate of drug-likeness (QED) is 0.557. The van der Waals surface area contributed by atoms with Gasteiger partial charge in [0, 0.05) is 17.8 Å². The fourth-order valence-corrected chi connectivity index (χ4v) is 1.61. The van der Waals surface area contributed by atoms with Gasteiger partial charge in [-0.1, -0.05) is 26.2 Å². The second-order valence-corrected chi connectivity index (χ2v) is 4.12. The van der Waals surface area contributed by atoms with E-state index in [2.05, 4.69) is 12.2 Å². The summed E-state index contributed by atoms with van der Waals surface area (Å²) >= 11 is 0. The lowest BCUT2D eigenvalue weighted by atomic mass is 10.1. The molecule has 0 amide bonds. The Morgan fingerprint density at radius 1 is 1.12 bits per heavy atom. The highest BCUT2D eigenvalue weighted by Gasteiger charge is 1.98. The predicted octanol–water partition coefficient (Wildman–Crippen LogP) is 3.88. The van der Waals surface area contributed by atoms with Gasteiger partial charge in [-0.05, 0) is 37.6 Å². The van der Waals surface area contributed by atoms with Crippen LogP contribution in [0.3, 0.4) is 0 Å². The minimum atomic E-state index is 0.120. The predicted molar refractivity (Wildman–Crippen MR) is 69.1 cm³/mol. The second-order valence-electron chi connectivity index (χ2n) is 4.12. The third kappa shape index (κ3) is 4.47. The fraction of sp³-hybridized carbons (Fsp3) is 0.500. The first kappa shape index (κ1) is 12.8. The largest absolute Gasteiger partial charge is 0.385 e. The van der Waals surface area contributed by atoms with Gasteiger partial charge in [-0.2, -0.15) is 0 Å². The normalized spacial score (nSPS) is 10.1. The van der Waals surface area contributed by atoms with E-state index in [1.807, 2.05) is 24.3 Å². The van der Waals surface area contributed by atoms with Gasteiger partial charge in [-0.15, -0.1) is 0 Å². The van der Waals surface area contributed by atoms with Gasteiger partial charge in [0.25, 0.3) is 0 Å². The summed E-state index contributed by atoms with van der Waals surface area (Å²) in [6, 6.07) is 7.68. The van der Waals surface area contributed by atoms with Crippen LogP contribution in [0.15, 0.2) is 24.3 Å². The number of ketones is 1. The van der Waals surface area contributed by atoms with E-state index in [0.29, 0.717) is 0 Å². The highest BCUT2D eigenvalue weighted by Crippen LogP contribution is 2.10. The van der Waals surface area contributed by atoms with E-state index < -0.39 is 0 Å². The molecule has 1 aromatic carbocycles. The van der Waals surface area contributed by atoms with E-state index in [1.165, 1.54) is 25.7 Å². The average Bonchev–Trinajstić information content (AvgIpc) is 2.29. The molecule has 0 aliphatic carbocycles. The molecular formula is C14H21NO. The second kappa shape index (κ2) is 7.04. The lowest BCUT2D eigenvalue weighted by Gasteiger charge is -2.06. The van der Waals surface area contributed by atoms with Gasteiger partial charge >= 0.3 is 0 Å². The molecule has 1 aromatic rings. The molecule has 1 N–H and O–H groups in total. The van der Waals surface area contributed by atoms with Crippen LogP contribution in [0.2, 0.25) is 0 Å². The monoisotopic (exact) mass is 219 g/mol. The van der Waals surface area contributed by atoms with Crippen molar-refractivity contribution in [1.29, 1.82) is 0 Å². The molecule has 0 fully saturated rings. The molecule has 0 aliphatic rings. The van der Waals surface area contributed by atoms with Crippen molar-refractivity contribution in [1.82, 2.24) is 0 Å². The molecular weight excluding hydrogens is 198 g/mol. The van der Waals surface area contributed by atoms with Gasteiger partial charge in [0.15, 0.2) is 5.78 Å². The molecule has 0 heterocycles. The number of unbranched alkanes of at least 4 members (excludes halogenated alkanes) is 3. The highest BCUT2D eigenvalue weighted by atomic mass is 16.1. The minimum absolute atomic E-state index is 0.120. The summed E-state index contributed by atoms with van der Waals surface area (Å²) in [6.07, 6.45) is 5.08. The number of nitrogens with one attached hydrogen (secondary N) is 1. The maximum Gasteiger partial charge on any atom is 0.159 e. The summed E-state index contributed by atoms with van der Waals surface area (Å²) in [5.41, 5.74) is 1.87. The number of hydrogen-bond acceptors (Lipinski definition) is 2. The molecule has 0 bridgehead atoms. The molecule has 88 valence electrons. The average molecular weight is 219 g/mol. The van der Waals surface area contributed by atoms with Crippen LogP contribution in [0, 0.1) is 0 Å². The summed E-state index contributed by atoms with van der Waals surface area (Å²) in [5, 5.41) is 3.36. The van der Waals surface area contributed by atoms with Crippen LogP contribution in [0.4, 0.5) is 5.69 Å². The Balaban J connectivity index is 2.29. The topological polar surface area (TPSA) is 29.1 Å². The van der Waals surface area contributed by atoms with Crippen LogP contribution in [-0.2, 0) is 0 Å². The van der Waals surface area contributed by atoms with Gasteiger partial charge in [-0.25, -0.2) is 0 Å². The Labute approximate surface area is 98.1 Å². The summed E-state index contributed by atoms with van der Waals surface area (Å²) in [6.45, 7) is 4.82. The van der Waals surface area contributed by atoms with Crippen LogP contribution in [-0.4, -0.2) is 12.3 Å². The molecule has 2 heteroatoms. The Kier molecular flexibility index (Phi) is 5.62. The summed E-state index contributed by atoms with van der Waals surface area (Å²) < 4.78 is 0. The van der Waals surface area contributed by atoms with E-state index in [4.69, 9.17) is 0 Å². The van der Waals surface area contributed by atoms with Crippen molar-refractivity contribution in [3.05, 3.63) is 29.8 Å². The van der Waals surface area contributed by atoms with Crippen LogP contribution >= 0.6 is 0 Å². The maximum absolute atomic E-state index is 11.1. The third-order valence-corrected chi connectivity index (χ3v) is 2.65. The van der Waals surface area contributed by atoms with Crippen molar-refractivity contribution in [2.45, 2.75) is 39.5 Å². The number of carbonyl (C=O) groups excluding carboxylic acids is 1. The van der Waals surface area contributed by atoms with E-state index >= 15 is 0 Å². The van der Waals surface area contributed by atoms with Gasteiger partial charge in [-0.3, -0.25) is 4.79 Å². The zero-order valence-corrected chi connectivity index (χ0v) is 10.3. The molecule has 0 radical (unpaired) electrons. The molecule has 0 atom stereocenters. The van der Waals surface area contributed by atoms with Crippen molar-refractivity contribution in [3.63, 3.8) is 0 Å². The molecule has 0 saturated carbocycles. The summed E-state index contributed by atoms with van der Waals surface area (Å²) in [4.78, 5) is 11.1. The zero-order valence-electron chi connectivity index (χ0n) is 10.3. The molecule has 0 aromatic heterocycles. The van der Waals surface area contributed by atoms with Crippen molar-refractivity contribution < 1.29 is 4.79 Å². The van der Waals surface area contributed by atoms with Gasteiger partial charge in [0.1, 0.15) is 0 Å². The maximum atomic E-state index is 11.1. The number of carbonyl (C=O) groups is 1. The van der Waals surface area contributed by atoms with Crippen molar-refractivity contribution in [3.8, 4) is 0 Å². The van der Waals surface area contributed by atoms with E-state index in [0.717, 1.165) is 17.8 Å². The van der Waals surface area contributed by atoms with Crippen LogP contribution < -0.4 is 5.32 Å². The number of hydrogen-bond donors (Lipinski definition) is 1. The first-order chi connectivity index (χ1) is 7.74. The first-order valence-electron chi connectivity index (χ1n) is 6.09. The number of benzene rings is 1. The minimum Gasteiger partial charge on any atom is -0.385 e. The van der Waals surface area contributed by atoms with E-state index in [-0.39, 0.29) is 5.78 Å². The van der Waals surface area contributed by atoms with Crippen LogP contribution in [0.25, 0.3) is 0 Å². The lowest BCUT2D eigenvalue weighted by Crippen LogP contribution is -2.01. The van der Waals surface area contributed by atoms with Crippen LogP contribution in [0.1, 0.15) is 49.9 Å². The van der Waals surface area contributed by atoms with Gasteiger partial charge in [0.05, 0.1) is 0 Å². The first-order valence-corrected chi connectivity index (χ1v) is 6.09. The van der Waals surface area contributed by atoms with Crippen molar-refractivity contribution >= 4 is 11.5 Å². The Morgan fingerprint density at radius 2 is 1.81 bits per heavy atom. The molecule has 1 rings (SSSR count). The molecule has 0 saturated heterocycles. The van der Waals surface area contributed by atoms with Crippen molar-refractivity contribution in [2.75, 3.05) is 11.9 Å². The lowest BCUT2D eigenvalue weighted by molar-refractivity contribution is 0.101. The van der Waals surface area contributed by atoms with Crippen LogP contribution in [0.5, 0.6) is 0 Å². The smallest absolute Gasteiger partial charge is 0.159 e. The SMILES string of the molecule is CCCCCCNc1ccc(C(C)=O)cc1. The number of Topliss-reactive ketones (excluding diaryl/α,β-unsaturated/α-hetero) is 1. The molecule has 0 aliphatic heterocycles. The molecule has 0 unspecified atom stereocenters. The van der Waals surface area contributed by atoms with Gasteiger partial charge in [0.2, 0.25) is 0 Å². The summed E-state index contributed by atoms with van der Waals surface area (Å²) in [5.74, 6) is 0.120. The van der Waals surface area contributed by atoms with Crippen molar-refractivity contribution in [2.24, 2.45) is 0 Å². The zero-order chi connectivity index (χ0) is 11.8. The Hall–Kier alpha value is -1.31. The Morgan fingerprint density at radius 3 is 2.38 bits per heavy atom. The highest BCUT2D eigenvalue weighted by molar-refractivity contribution is 5.94. The third-order valence-electron chi connectivity index (χ3n) is 2.65. The molecule has 16 heavy (non-hydrogen) atoms. The van der Waals surface area contributed by atoms with E-state index in [9.17, 15) is 4.79 Å².